The highest BCUT2D eigenvalue weighted by Gasteiger charge is 2.13. The smallest absolute Gasteiger partial charge is 0.307 e. The quantitative estimate of drug-likeness (QED) is 0.836. The van der Waals surface area contributed by atoms with E-state index in [-0.39, 0.29) is 22.3 Å². The Kier molecular flexibility index (Phi) is 4.38. The van der Waals surface area contributed by atoms with Crippen molar-refractivity contribution in [2.24, 2.45) is 0 Å². The standard InChI is InChI=1S/C13H9Cl3N2O2/c14-9-2-1-8(11(15)12(9)16)7-3-6(4-10(19)20)13(17)18-5-7/h1-3,5H,4H2,(H2,17,18)(H,19,20). The van der Waals surface area contributed by atoms with Crippen LogP contribution in [0.25, 0.3) is 11.1 Å². The molecule has 0 amide bonds. The Balaban J connectivity index is 2.54. The highest BCUT2D eigenvalue weighted by molar-refractivity contribution is 6.49. The SMILES string of the molecule is Nc1ncc(-c2ccc(Cl)c(Cl)c2Cl)cc1CC(=O)O. The normalized spacial score (nSPS) is 10.6. The van der Waals surface area contributed by atoms with E-state index in [4.69, 9.17) is 45.6 Å². The Morgan fingerprint density at radius 2 is 1.95 bits per heavy atom. The van der Waals surface area contributed by atoms with Crippen molar-refractivity contribution < 1.29 is 9.90 Å². The number of carboxylic acid groups (broad SMARTS) is 1. The van der Waals surface area contributed by atoms with Gasteiger partial charge in [0, 0.05) is 22.9 Å². The van der Waals surface area contributed by atoms with Crippen LogP contribution in [0, 0.1) is 0 Å². The lowest BCUT2D eigenvalue weighted by Gasteiger charge is -2.09. The van der Waals surface area contributed by atoms with E-state index in [9.17, 15) is 4.79 Å². The molecule has 0 fully saturated rings. The average molecular weight is 332 g/mol. The van der Waals surface area contributed by atoms with Crippen LogP contribution in [0.5, 0.6) is 0 Å². The van der Waals surface area contributed by atoms with E-state index >= 15 is 0 Å². The van der Waals surface area contributed by atoms with Gasteiger partial charge in [-0.15, -0.1) is 0 Å². The van der Waals surface area contributed by atoms with Gasteiger partial charge in [-0.2, -0.15) is 0 Å². The van der Waals surface area contributed by atoms with Crippen molar-refractivity contribution in [3.8, 4) is 11.1 Å². The monoisotopic (exact) mass is 330 g/mol. The summed E-state index contributed by atoms with van der Waals surface area (Å²) in [5.41, 5.74) is 7.30. The first kappa shape index (κ1) is 14.9. The van der Waals surface area contributed by atoms with E-state index in [1.165, 1.54) is 6.20 Å². The number of aliphatic carboxylic acids is 1. The van der Waals surface area contributed by atoms with Crippen molar-refractivity contribution in [1.29, 1.82) is 0 Å². The summed E-state index contributed by atoms with van der Waals surface area (Å²) in [6.07, 6.45) is 1.29. The summed E-state index contributed by atoms with van der Waals surface area (Å²) in [6, 6.07) is 4.93. The third-order valence-corrected chi connectivity index (χ3v) is 3.98. The summed E-state index contributed by atoms with van der Waals surface area (Å²) >= 11 is 18.0. The first-order chi connectivity index (χ1) is 9.40. The molecule has 1 aromatic carbocycles. The molecule has 7 heteroatoms. The van der Waals surface area contributed by atoms with Gasteiger partial charge in [0.05, 0.1) is 21.5 Å². The second kappa shape index (κ2) is 5.87. The summed E-state index contributed by atoms with van der Waals surface area (Å²) in [4.78, 5) is 14.8. The number of pyridine rings is 1. The molecule has 4 nitrogen and oxygen atoms in total. The number of rotatable bonds is 3. The molecular formula is C13H9Cl3N2O2. The summed E-state index contributed by atoms with van der Waals surface area (Å²) in [5, 5.41) is 9.70. The lowest BCUT2D eigenvalue weighted by atomic mass is 10.0. The molecule has 20 heavy (non-hydrogen) atoms. The van der Waals surface area contributed by atoms with Crippen LogP contribution in [-0.4, -0.2) is 16.1 Å². The number of nitrogens with zero attached hydrogens (tertiary/aromatic N) is 1. The number of nitrogen functional groups attached to an aromatic ring is 1. The number of anilines is 1. The molecule has 0 atom stereocenters. The first-order valence-electron chi connectivity index (χ1n) is 5.50. The molecule has 1 aromatic heterocycles. The number of carbonyl (C=O) groups is 1. The minimum atomic E-state index is -0.990. The molecule has 0 aliphatic carbocycles. The van der Waals surface area contributed by atoms with Gasteiger partial charge < -0.3 is 10.8 Å². The minimum Gasteiger partial charge on any atom is -0.481 e. The second-order valence-electron chi connectivity index (χ2n) is 4.06. The van der Waals surface area contributed by atoms with Gasteiger partial charge in [0.15, 0.2) is 0 Å². The molecule has 3 N–H and O–H groups in total. The van der Waals surface area contributed by atoms with Crippen LogP contribution in [0.15, 0.2) is 24.4 Å². The zero-order chi connectivity index (χ0) is 14.9. The number of aromatic nitrogens is 1. The van der Waals surface area contributed by atoms with E-state index < -0.39 is 5.97 Å². The number of hydrogen-bond acceptors (Lipinski definition) is 3. The van der Waals surface area contributed by atoms with Gasteiger partial charge in [-0.25, -0.2) is 4.98 Å². The molecule has 0 aliphatic rings. The van der Waals surface area contributed by atoms with Crippen molar-refractivity contribution in [3.63, 3.8) is 0 Å². The largest absolute Gasteiger partial charge is 0.481 e. The maximum atomic E-state index is 10.8. The predicted octanol–water partition coefficient (Wildman–Crippen LogP) is 3.92. The zero-order valence-electron chi connectivity index (χ0n) is 10.0. The van der Waals surface area contributed by atoms with Gasteiger partial charge >= 0.3 is 5.97 Å². The Labute approximate surface area is 130 Å². The van der Waals surface area contributed by atoms with E-state index in [1.54, 1.807) is 18.2 Å². The van der Waals surface area contributed by atoms with Gasteiger partial charge in [-0.1, -0.05) is 40.9 Å². The van der Waals surface area contributed by atoms with Crippen LogP contribution in [0.3, 0.4) is 0 Å². The molecule has 2 aromatic rings. The number of halogens is 3. The van der Waals surface area contributed by atoms with Gasteiger partial charge in [-0.3, -0.25) is 4.79 Å². The van der Waals surface area contributed by atoms with E-state index in [1.807, 2.05) is 0 Å². The molecule has 0 unspecified atom stereocenters. The highest BCUT2D eigenvalue weighted by atomic mass is 35.5. The molecule has 104 valence electrons. The van der Waals surface area contributed by atoms with Gasteiger partial charge in [0.1, 0.15) is 5.82 Å². The van der Waals surface area contributed by atoms with Gasteiger partial charge in [-0.05, 0) is 12.1 Å². The van der Waals surface area contributed by atoms with Crippen LogP contribution in [0.4, 0.5) is 5.82 Å². The third-order valence-electron chi connectivity index (χ3n) is 2.69. The molecule has 0 spiro atoms. The maximum absolute atomic E-state index is 10.8. The Hall–Kier alpha value is -1.49. The summed E-state index contributed by atoms with van der Waals surface area (Å²) < 4.78 is 0. The molecular weight excluding hydrogens is 323 g/mol. The van der Waals surface area contributed by atoms with Crippen LogP contribution < -0.4 is 5.73 Å². The fourth-order valence-electron chi connectivity index (χ4n) is 1.72. The number of nitrogens with two attached hydrogens (primary N) is 1. The molecule has 0 saturated heterocycles. The molecule has 0 radical (unpaired) electrons. The highest BCUT2D eigenvalue weighted by Crippen LogP contribution is 2.38. The summed E-state index contributed by atoms with van der Waals surface area (Å²) in [5.74, 6) is -0.816. The summed E-state index contributed by atoms with van der Waals surface area (Å²) in [7, 11) is 0. The van der Waals surface area contributed by atoms with Crippen LogP contribution in [-0.2, 0) is 11.2 Å². The second-order valence-corrected chi connectivity index (χ2v) is 5.22. The molecule has 0 aliphatic heterocycles. The van der Waals surface area contributed by atoms with E-state index in [0.29, 0.717) is 21.7 Å². The van der Waals surface area contributed by atoms with Crippen LogP contribution >= 0.6 is 34.8 Å². The predicted molar refractivity (Wildman–Crippen MR) is 80.5 cm³/mol. The average Bonchev–Trinajstić information content (AvgIpc) is 2.39. The van der Waals surface area contributed by atoms with Crippen molar-refractivity contribution in [2.45, 2.75) is 6.42 Å². The fraction of sp³-hybridized carbons (Fsp3) is 0.0769. The summed E-state index contributed by atoms with van der Waals surface area (Å²) in [6.45, 7) is 0. The van der Waals surface area contributed by atoms with E-state index in [0.717, 1.165) is 0 Å². The third kappa shape index (κ3) is 2.98. The van der Waals surface area contributed by atoms with Crippen molar-refractivity contribution in [3.05, 3.63) is 45.0 Å². The number of carboxylic acids is 1. The van der Waals surface area contributed by atoms with Crippen molar-refractivity contribution >= 4 is 46.6 Å². The Morgan fingerprint density at radius 1 is 1.25 bits per heavy atom. The van der Waals surface area contributed by atoms with Crippen molar-refractivity contribution in [1.82, 2.24) is 4.98 Å². The zero-order valence-corrected chi connectivity index (χ0v) is 12.3. The Morgan fingerprint density at radius 3 is 2.60 bits per heavy atom. The lowest BCUT2D eigenvalue weighted by Crippen LogP contribution is -2.05. The number of benzene rings is 1. The van der Waals surface area contributed by atoms with Gasteiger partial charge in [0.2, 0.25) is 0 Å². The molecule has 2 rings (SSSR count). The molecule has 0 bridgehead atoms. The maximum Gasteiger partial charge on any atom is 0.307 e. The topological polar surface area (TPSA) is 76.2 Å². The first-order valence-corrected chi connectivity index (χ1v) is 6.63. The van der Waals surface area contributed by atoms with Gasteiger partial charge in [0.25, 0.3) is 0 Å². The number of hydrogen-bond donors (Lipinski definition) is 2. The Bertz CT molecular complexity index is 690. The van der Waals surface area contributed by atoms with E-state index in [2.05, 4.69) is 4.98 Å². The minimum absolute atomic E-state index is 0.173. The fourth-order valence-corrected chi connectivity index (χ4v) is 2.37. The molecule has 0 saturated carbocycles. The molecule has 1 heterocycles. The van der Waals surface area contributed by atoms with Crippen molar-refractivity contribution in [2.75, 3.05) is 5.73 Å². The van der Waals surface area contributed by atoms with Crippen LogP contribution in [0.2, 0.25) is 15.1 Å². The lowest BCUT2D eigenvalue weighted by molar-refractivity contribution is -0.136. The van der Waals surface area contributed by atoms with Crippen LogP contribution in [0.1, 0.15) is 5.56 Å².